The van der Waals surface area contributed by atoms with Crippen molar-refractivity contribution in [2.45, 2.75) is 26.1 Å². The number of methoxy groups -OCH3 is 1. The first-order valence-corrected chi connectivity index (χ1v) is 9.33. The topological polar surface area (TPSA) is 18.5 Å². The molecule has 3 rings (SSSR count). The van der Waals surface area contributed by atoms with Gasteiger partial charge >= 0.3 is 0 Å². The summed E-state index contributed by atoms with van der Waals surface area (Å²) in [4.78, 5) is 0. The predicted octanol–water partition coefficient (Wildman–Crippen LogP) is 6.86. The van der Waals surface area contributed by atoms with Crippen LogP contribution >= 0.6 is 0 Å². The minimum absolute atomic E-state index is 0.0262. The molecule has 0 spiro atoms. The SMILES string of the molecule is CCC(OC)c1ccc(-c2cc(F)c(OCc3cc(F)c(F)c(F)c3)c(F)c2)c(F)c1. The summed E-state index contributed by atoms with van der Waals surface area (Å²) in [5, 5.41) is 0. The predicted molar refractivity (Wildman–Crippen MR) is 102 cm³/mol. The highest BCUT2D eigenvalue weighted by atomic mass is 19.2. The van der Waals surface area contributed by atoms with Gasteiger partial charge in [0.05, 0.1) is 6.10 Å². The van der Waals surface area contributed by atoms with Crippen molar-refractivity contribution in [3.8, 4) is 16.9 Å². The Bertz CT molecular complexity index is 1050. The van der Waals surface area contributed by atoms with Crippen molar-refractivity contribution >= 4 is 0 Å². The summed E-state index contributed by atoms with van der Waals surface area (Å²) in [5.74, 6) is -8.32. The van der Waals surface area contributed by atoms with Crippen LogP contribution in [0.5, 0.6) is 5.75 Å². The monoisotopic (exact) mass is 440 g/mol. The second kappa shape index (κ2) is 9.43. The van der Waals surface area contributed by atoms with Crippen LogP contribution in [0.15, 0.2) is 42.5 Å². The van der Waals surface area contributed by atoms with Crippen molar-refractivity contribution in [2.24, 2.45) is 0 Å². The van der Waals surface area contributed by atoms with Crippen LogP contribution < -0.4 is 4.74 Å². The van der Waals surface area contributed by atoms with Gasteiger partial charge in [0.2, 0.25) is 0 Å². The number of ether oxygens (including phenoxy) is 2. The van der Waals surface area contributed by atoms with Gasteiger partial charge in [0.1, 0.15) is 12.4 Å². The third kappa shape index (κ3) is 4.85. The maximum Gasteiger partial charge on any atom is 0.194 e. The highest BCUT2D eigenvalue weighted by molar-refractivity contribution is 5.66. The Morgan fingerprint density at radius 3 is 1.90 bits per heavy atom. The molecule has 0 aliphatic rings. The summed E-state index contributed by atoms with van der Waals surface area (Å²) in [6.07, 6.45) is 0.306. The molecular weight excluding hydrogens is 422 g/mol. The molecule has 0 amide bonds. The van der Waals surface area contributed by atoms with Crippen molar-refractivity contribution in [3.05, 3.63) is 88.5 Å². The molecule has 164 valence electrons. The van der Waals surface area contributed by atoms with Gasteiger partial charge in [0.15, 0.2) is 34.8 Å². The quantitative estimate of drug-likeness (QED) is 0.295. The molecule has 1 unspecified atom stereocenters. The summed E-state index contributed by atoms with van der Waals surface area (Å²) in [7, 11) is 1.50. The van der Waals surface area contributed by atoms with E-state index in [2.05, 4.69) is 0 Å². The molecule has 8 heteroatoms. The molecule has 31 heavy (non-hydrogen) atoms. The van der Waals surface area contributed by atoms with E-state index < -0.39 is 47.3 Å². The molecule has 3 aromatic rings. The fourth-order valence-electron chi connectivity index (χ4n) is 3.20. The van der Waals surface area contributed by atoms with Crippen LogP contribution in [0.4, 0.5) is 26.3 Å². The molecule has 0 heterocycles. The lowest BCUT2D eigenvalue weighted by molar-refractivity contribution is 0.0998. The second-order valence-electron chi connectivity index (χ2n) is 6.80. The maximum atomic E-state index is 14.6. The number of hydrogen-bond acceptors (Lipinski definition) is 2. The van der Waals surface area contributed by atoms with Crippen LogP contribution in [-0.2, 0) is 11.3 Å². The van der Waals surface area contributed by atoms with Gasteiger partial charge in [-0.2, -0.15) is 0 Å². The molecule has 3 aromatic carbocycles. The lowest BCUT2D eigenvalue weighted by atomic mass is 9.99. The van der Waals surface area contributed by atoms with Crippen molar-refractivity contribution < 1.29 is 35.8 Å². The van der Waals surface area contributed by atoms with Crippen molar-refractivity contribution in [1.29, 1.82) is 0 Å². The molecule has 0 aromatic heterocycles. The van der Waals surface area contributed by atoms with Gasteiger partial charge < -0.3 is 9.47 Å². The van der Waals surface area contributed by atoms with Gasteiger partial charge in [-0.1, -0.05) is 19.1 Å². The first kappa shape index (κ1) is 22.7. The second-order valence-corrected chi connectivity index (χ2v) is 6.80. The van der Waals surface area contributed by atoms with Gasteiger partial charge in [-0.15, -0.1) is 0 Å². The van der Waals surface area contributed by atoms with E-state index in [-0.39, 0.29) is 22.8 Å². The average molecular weight is 440 g/mol. The Hall–Kier alpha value is -3.00. The summed E-state index contributed by atoms with van der Waals surface area (Å²) in [6.45, 7) is 1.26. The molecule has 0 bridgehead atoms. The van der Waals surface area contributed by atoms with E-state index in [0.29, 0.717) is 24.1 Å². The third-order valence-electron chi connectivity index (χ3n) is 4.76. The number of halogens is 6. The molecule has 0 N–H and O–H groups in total. The van der Waals surface area contributed by atoms with Crippen LogP contribution in [0.2, 0.25) is 0 Å². The molecule has 0 radical (unpaired) electrons. The Kier molecular flexibility index (Phi) is 6.90. The van der Waals surface area contributed by atoms with Gasteiger partial charge in [-0.05, 0) is 53.4 Å². The highest BCUT2D eigenvalue weighted by Crippen LogP contribution is 2.33. The minimum atomic E-state index is -1.66. The van der Waals surface area contributed by atoms with Gasteiger partial charge in [0.25, 0.3) is 0 Å². The number of benzene rings is 3. The summed E-state index contributed by atoms with van der Waals surface area (Å²) in [5.41, 5.74) is 0.341. The average Bonchev–Trinajstić information content (AvgIpc) is 2.72. The first-order chi connectivity index (χ1) is 14.7. The summed E-state index contributed by atoms with van der Waals surface area (Å²) < 4.78 is 93.3. The van der Waals surface area contributed by atoms with E-state index >= 15 is 0 Å². The lowest BCUT2D eigenvalue weighted by Gasteiger charge is -2.15. The zero-order valence-corrected chi connectivity index (χ0v) is 16.6. The summed E-state index contributed by atoms with van der Waals surface area (Å²) >= 11 is 0. The standard InChI is InChI=1S/C23H18F6O2/c1-3-21(30-2)13-4-5-15(16(24)8-13)14-9-19(27)23(20(28)10-14)31-11-12-6-17(25)22(29)18(26)7-12/h4-10,21H,3,11H2,1-2H3. The first-order valence-electron chi connectivity index (χ1n) is 9.33. The zero-order chi connectivity index (χ0) is 22.7. The van der Waals surface area contributed by atoms with E-state index in [1.165, 1.54) is 19.2 Å². The fourth-order valence-corrected chi connectivity index (χ4v) is 3.20. The molecule has 0 saturated carbocycles. The van der Waals surface area contributed by atoms with E-state index in [1.54, 1.807) is 6.07 Å². The van der Waals surface area contributed by atoms with Crippen molar-refractivity contribution in [3.63, 3.8) is 0 Å². The maximum absolute atomic E-state index is 14.6. The van der Waals surface area contributed by atoms with E-state index in [4.69, 9.17) is 9.47 Å². The van der Waals surface area contributed by atoms with Gasteiger partial charge in [-0.25, -0.2) is 26.3 Å². The minimum Gasteiger partial charge on any atom is -0.483 e. The van der Waals surface area contributed by atoms with E-state index in [9.17, 15) is 26.3 Å². The third-order valence-corrected chi connectivity index (χ3v) is 4.76. The highest BCUT2D eigenvalue weighted by Gasteiger charge is 2.18. The molecule has 0 fully saturated rings. The molecule has 0 aliphatic carbocycles. The van der Waals surface area contributed by atoms with Crippen LogP contribution in [0.3, 0.4) is 0 Å². The molecule has 0 saturated heterocycles. The Balaban J connectivity index is 1.85. The van der Waals surface area contributed by atoms with E-state index in [0.717, 1.165) is 12.1 Å². The van der Waals surface area contributed by atoms with Gasteiger partial charge in [-0.3, -0.25) is 0 Å². The molecule has 1 atom stereocenters. The van der Waals surface area contributed by atoms with Crippen molar-refractivity contribution in [1.82, 2.24) is 0 Å². The number of hydrogen-bond donors (Lipinski definition) is 0. The number of rotatable bonds is 7. The fraction of sp³-hybridized carbons (Fsp3) is 0.217. The lowest BCUT2D eigenvalue weighted by Crippen LogP contribution is -2.03. The molecular formula is C23H18F6O2. The van der Waals surface area contributed by atoms with Crippen LogP contribution in [0.25, 0.3) is 11.1 Å². The zero-order valence-electron chi connectivity index (χ0n) is 16.6. The van der Waals surface area contributed by atoms with Gasteiger partial charge in [0, 0.05) is 12.7 Å². The molecule has 2 nitrogen and oxygen atoms in total. The summed E-state index contributed by atoms with van der Waals surface area (Å²) in [6, 6.07) is 7.32. The Labute approximate surface area is 175 Å². The van der Waals surface area contributed by atoms with Crippen molar-refractivity contribution in [2.75, 3.05) is 7.11 Å². The smallest absolute Gasteiger partial charge is 0.194 e. The van der Waals surface area contributed by atoms with E-state index in [1.807, 2.05) is 6.92 Å². The largest absolute Gasteiger partial charge is 0.483 e. The Morgan fingerprint density at radius 2 is 1.39 bits per heavy atom. The van der Waals surface area contributed by atoms with Crippen LogP contribution in [0.1, 0.15) is 30.6 Å². The Morgan fingerprint density at radius 1 is 0.774 bits per heavy atom. The van der Waals surface area contributed by atoms with Crippen LogP contribution in [-0.4, -0.2) is 7.11 Å². The normalized spacial score (nSPS) is 12.1. The van der Waals surface area contributed by atoms with Crippen LogP contribution in [0, 0.1) is 34.9 Å². The molecule has 0 aliphatic heterocycles.